The lowest BCUT2D eigenvalue weighted by Crippen LogP contribution is -2.46. The van der Waals surface area contributed by atoms with Gasteiger partial charge < -0.3 is 9.72 Å². The van der Waals surface area contributed by atoms with Crippen molar-refractivity contribution in [2.45, 2.75) is 24.3 Å². The first kappa shape index (κ1) is 13.3. The molecule has 1 saturated heterocycles. The van der Waals surface area contributed by atoms with Gasteiger partial charge in [0.25, 0.3) is 0 Å². The van der Waals surface area contributed by atoms with Crippen LogP contribution in [0.25, 0.3) is 0 Å². The number of ether oxygens (including phenoxy) is 1. The summed E-state index contributed by atoms with van der Waals surface area (Å²) in [5.41, 5.74) is -0.492. The predicted molar refractivity (Wildman–Crippen MR) is 65.9 cm³/mol. The summed E-state index contributed by atoms with van der Waals surface area (Å²) in [5.74, 6) is 0. The van der Waals surface area contributed by atoms with Crippen molar-refractivity contribution in [1.82, 2.24) is 9.29 Å². The van der Waals surface area contributed by atoms with Crippen molar-refractivity contribution in [3.05, 3.63) is 28.7 Å². The van der Waals surface area contributed by atoms with Gasteiger partial charge in [-0.1, -0.05) is 6.92 Å². The van der Waals surface area contributed by atoms with Crippen LogP contribution < -0.4 is 5.43 Å². The molecule has 0 spiro atoms. The molecule has 0 amide bonds. The zero-order chi connectivity index (χ0) is 13.2. The average Bonchev–Trinajstić information content (AvgIpc) is 2.39. The molecule has 1 atom stereocenters. The Balaban J connectivity index is 2.32. The highest BCUT2D eigenvalue weighted by molar-refractivity contribution is 7.89. The third kappa shape index (κ3) is 2.47. The van der Waals surface area contributed by atoms with Crippen LogP contribution in [-0.2, 0) is 14.8 Å². The van der Waals surface area contributed by atoms with Gasteiger partial charge in [0.15, 0.2) is 0 Å². The summed E-state index contributed by atoms with van der Waals surface area (Å²) in [6, 6.07) is 1.21. The molecule has 1 aromatic rings. The molecular formula is C11H16N2O4S. The maximum absolute atomic E-state index is 12.3. The fourth-order valence-electron chi connectivity index (χ4n) is 1.90. The van der Waals surface area contributed by atoms with Crippen molar-refractivity contribution < 1.29 is 13.2 Å². The van der Waals surface area contributed by atoms with Crippen LogP contribution in [-0.4, -0.2) is 43.5 Å². The molecule has 1 aliphatic heterocycles. The third-order valence-corrected chi connectivity index (χ3v) is 4.85. The summed E-state index contributed by atoms with van der Waals surface area (Å²) in [6.07, 6.45) is 3.29. The third-order valence-electron chi connectivity index (χ3n) is 2.96. The second-order valence-electron chi connectivity index (χ2n) is 4.14. The van der Waals surface area contributed by atoms with Gasteiger partial charge in [-0.15, -0.1) is 0 Å². The van der Waals surface area contributed by atoms with Crippen LogP contribution in [0.15, 0.2) is 28.2 Å². The highest BCUT2D eigenvalue weighted by atomic mass is 32.2. The zero-order valence-corrected chi connectivity index (χ0v) is 10.9. The van der Waals surface area contributed by atoms with E-state index in [0.29, 0.717) is 13.2 Å². The Hall–Kier alpha value is -1.18. The van der Waals surface area contributed by atoms with Crippen LogP contribution in [0.4, 0.5) is 0 Å². The maximum Gasteiger partial charge on any atom is 0.248 e. The van der Waals surface area contributed by atoms with Crippen molar-refractivity contribution in [1.29, 1.82) is 0 Å². The van der Waals surface area contributed by atoms with E-state index >= 15 is 0 Å². The van der Waals surface area contributed by atoms with Gasteiger partial charge in [-0.05, 0) is 6.42 Å². The van der Waals surface area contributed by atoms with Crippen molar-refractivity contribution in [3.63, 3.8) is 0 Å². The van der Waals surface area contributed by atoms with Crippen LogP contribution >= 0.6 is 0 Å². The fourth-order valence-corrected chi connectivity index (χ4v) is 3.39. The highest BCUT2D eigenvalue weighted by Gasteiger charge is 2.31. The molecule has 1 unspecified atom stereocenters. The normalized spacial score (nSPS) is 21.9. The first-order chi connectivity index (χ1) is 8.55. The standard InChI is InChI=1S/C11H16N2O4S/c1-2-9-8-13(5-6-17-9)18(15,16)11-7-12-4-3-10(11)14/h3-4,7,9H,2,5-6,8H2,1H3,(H,12,14). The lowest BCUT2D eigenvalue weighted by atomic mass is 10.2. The second kappa shape index (κ2) is 5.21. The Labute approximate surface area is 106 Å². The van der Waals surface area contributed by atoms with E-state index in [1.54, 1.807) is 0 Å². The first-order valence-corrected chi connectivity index (χ1v) is 7.28. The number of nitrogens with one attached hydrogen (secondary N) is 1. The van der Waals surface area contributed by atoms with E-state index in [9.17, 15) is 13.2 Å². The summed E-state index contributed by atoms with van der Waals surface area (Å²) < 4.78 is 31.4. The molecule has 1 N–H and O–H groups in total. The number of rotatable bonds is 3. The number of sulfonamides is 1. The highest BCUT2D eigenvalue weighted by Crippen LogP contribution is 2.16. The van der Waals surface area contributed by atoms with Gasteiger partial charge in [0.1, 0.15) is 4.90 Å². The van der Waals surface area contributed by atoms with E-state index in [2.05, 4.69) is 4.98 Å². The lowest BCUT2D eigenvalue weighted by molar-refractivity contribution is -0.00279. The summed E-state index contributed by atoms with van der Waals surface area (Å²) in [6.45, 7) is 2.89. The minimum Gasteiger partial charge on any atom is -0.375 e. The number of hydrogen-bond acceptors (Lipinski definition) is 4. The van der Waals surface area contributed by atoms with Crippen molar-refractivity contribution >= 4 is 10.0 Å². The molecule has 1 fully saturated rings. The molecule has 18 heavy (non-hydrogen) atoms. The number of aromatic amines is 1. The molecular weight excluding hydrogens is 256 g/mol. The number of hydrogen-bond donors (Lipinski definition) is 1. The van der Waals surface area contributed by atoms with E-state index in [1.807, 2.05) is 6.92 Å². The number of H-pyrrole nitrogens is 1. The molecule has 0 aliphatic carbocycles. The number of morpholine rings is 1. The Morgan fingerprint density at radius 2 is 2.33 bits per heavy atom. The Morgan fingerprint density at radius 1 is 1.56 bits per heavy atom. The second-order valence-corrected chi connectivity index (χ2v) is 6.04. The van der Waals surface area contributed by atoms with Gasteiger partial charge >= 0.3 is 0 Å². The van der Waals surface area contributed by atoms with Crippen LogP contribution in [0, 0.1) is 0 Å². The number of aromatic nitrogens is 1. The smallest absolute Gasteiger partial charge is 0.248 e. The van der Waals surface area contributed by atoms with E-state index in [1.165, 1.54) is 22.8 Å². The Kier molecular flexibility index (Phi) is 3.84. The minimum atomic E-state index is -3.73. The predicted octanol–water partition coefficient (Wildman–Crippen LogP) is 0.174. The fraction of sp³-hybridized carbons (Fsp3) is 0.545. The summed E-state index contributed by atoms with van der Waals surface area (Å²) in [4.78, 5) is 14.0. The van der Waals surface area contributed by atoms with Gasteiger partial charge in [0, 0.05) is 31.5 Å². The van der Waals surface area contributed by atoms with Crippen LogP contribution in [0.2, 0.25) is 0 Å². The first-order valence-electron chi connectivity index (χ1n) is 5.84. The molecule has 0 radical (unpaired) electrons. The summed E-state index contributed by atoms with van der Waals surface area (Å²) >= 11 is 0. The molecule has 7 heteroatoms. The van der Waals surface area contributed by atoms with Gasteiger partial charge in [0.2, 0.25) is 15.5 Å². The largest absolute Gasteiger partial charge is 0.375 e. The van der Waals surface area contributed by atoms with E-state index < -0.39 is 15.5 Å². The molecule has 100 valence electrons. The molecule has 6 nitrogen and oxygen atoms in total. The minimum absolute atomic E-state index is 0.101. The van der Waals surface area contributed by atoms with Gasteiger partial charge in [-0.3, -0.25) is 4.79 Å². The van der Waals surface area contributed by atoms with Crippen LogP contribution in [0.5, 0.6) is 0 Å². The quantitative estimate of drug-likeness (QED) is 0.851. The SMILES string of the molecule is CCC1CN(S(=O)(=O)c2c[nH]ccc2=O)CCO1. The van der Waals surface area contributed by atoms with Crippen molar-refractivity contribution in [2.75, 3.05) is 19.7 Å². The molecule has 0 saturated carbocycles. The molecule has 1 aromatic heterocycles. The van der Waals surface area contributed by atoms with Gasteiger partial charge in [0.05, 0.1) is 12.7 Å². The Morgan fingerprint density at radius 3 is 3.00 bits per heavy atom. The van der Waals surface area contributed by atoms with Gasteiger partial charge in [-0.25, -0.2) is 8.42 Å². The summed E-state index contributed by atoms with van der Waals surface area (Å²) in [7, 11) is -3.73. The number of pyridine rings is 1. The van der Waals surface area contributed by atoms with E-state index in [-0.39, 0.29) is 17.5 Å². The lowest BCUT2D eigenvalue weighted by Gasteiger charge is -2.31. The van der Waals surface area contributed by atoms with Crippen molar-refractivity contribution in [2.24, 2.45) is 0 Å². The molecule has 0 bridgehead atoms. The van der Waals surface area contributed by atoms with Crippen LogP contribution in [0.3, 0.4) is 0 Å². The maximum atomic E-state index is 12.3. The molecule has 2 rings (SSSR count). The van der Waals surface area contributed by atoms with Crippen LogP contribution in [0.1, 0.15) is 13.3 Å². The number of nitrogens with zero attached hydrogens (tertiary/aromatic N) is 1. The molecule has 2 heterocycles. The zero-order valence-electron chi connectivity index (χ0n) is 10.1. The topological polar surface area (TPSA) is 79.5 Å². The van der Waals surface area contributed by atoms with Crippen molar-refractivity contribution in [3.8, 4) is 0 Å². The monoisotopic (exact) mass is 272 g/mol. The van der Waals surface area contributed by atoms with E-state index in [4.69, 9.17) is 4.74 Å². The molecule has 0 aromatic carbocycles. The Bertz CT molecular complexity index is 566. The molecule has 1 aliphatic rings. The average molecular weight is 272 g/mol. The van der Waals surface area contributed by atoms with Gasteiger partial charge in [-0.2, -0.15) is 4.31 Å². The van der Waals surface area contributed by atoms with E-state index in [0.717, 1.165) is 6.42 Å². The summed E-state index contributed by atoms with van der Waals surface area (Å²) in [5, 5.41) is 0.